The quantitative estimate of drug-likeness (QED) is 0.457. The maximum absolute atomic E-state index is 13.0. The van der Waals surface area contributed by atoms with Crippen molar-refractivity contribution < 1.29 is 19.1 Å². The van der Waals surface area contributed by atoms with E-state index in [2.05, 4.69) is 13.8 Å². The van der Waals surface area contributed by atoms with Crippen LogP contribution in [0.15, 0.2) is 24.3 Å². The molecule has 150 valence electrons. The van der Waals surface area contributed by atoms with E-state index >= 15 is 0 Å². The summed E-state index contributed by atoms with van der Waals surface area (Å²) in [6.07, 6.45) is 12.6. The number of hydrogen-bond acceptors (Lipinski definition) is 4. The third-order valence-corrected chi connectivity index (χ3v) is 6.18. The first-order valence-electron chi connectivity index (χ1n) is 10.3. The van der Waals surface area contributed by atoms with Crippen molar-refractivity contribution >= 4 is 17.5 Å². The van der Waals surface area contributed by atoms with E-state index in [1.54, 1.807) is 6.92 Å². The smallest absolute Gasteiger partial charge is 0.316 e. The molecule has 0 heterocycles. The van der Waals surface area contributed by atoms with Crippen LogP contribution < -0.4 is 0 Å². The molecular weight excluding hydrogens is 340 g/mol. The molecule has 0 aromatic carbocycles. The number of ether oxygens (including phenoxy) is 1. The third-order valence-electron chi connectivity index (χ3n) is 6.18. The Morgan fingerprint density at radius 2 is 1.93 bits per heavy atom. The van der Waals surface area contributed by atoms with Crippen LogP contribution >= 0.6 is 0 Å². The lowest BCUT2D eigenvalue weighted by Gasteiger charge is -2.38. The van der Waals surface area contributed by atoms with Crippen molar-refractivity contribution in [3.63, 3.8) is 0 Å². The van der Waals surface area contributed by atoms with Crippen LogP contribution in [-0.2, 0) is 19.1 Å². The summed E-state index contributed by atoms with van der Waals surface area (Å²) in [6.45, 7) is 8.14. The van der Waals surface area contributed by atoms with Gasteiger partial charge in [-0.05, 0) is 37.5 Å². The van der Waals surface area contributed by atoms with Gasteiger partial charge < -0.3 is 4.74 Å². The van der Waals surface area contributed by atoms with Gasteiger partial charge in [0, 0.05) is 18.3 Å². The average Bonchev–Trinajstić information content (AvgIpc) is 2.62. The van der Waals surface area contributed by atoms with E-state index in [-0.39, 0.29) is 47.8 Å². The zero-order valence-electron chi connectivity index (χ0n) is 17.2. The fourth-order valence-electron chi connectivity index (χ4n) is 4.55. The van der Waals surface area contributed by atoms with Gasteiger partial charge in [0.2, 0.25) is 0 Å². The highest BCUT2D eigenvalue weighted by Crippen LogP contribution is 2.42. The lowest BCUT2D eigenvalue weighted by Crippen LogP contribution is -2.39. The minimum atomic E-state index is -0.873. The van der Waals surface area contributed by atoms with Gasteiger partial charge in [0.15, 0.2) is 5.78 Å². The van der Waals surface area contributed by atoms with Crippen LogP contribution in [0.3, 0.4) is 0 Å². The molecule has 2 aliphatic carbocycles. The molecule has 1 fully saturated rings. The van der Waals surface area contributed by atoms with Crippen molar-refractivity contribution in [1.82, 2.24) is 0 Å². The topological polar surface area (TPSA) is 60.4 Å². The van der Waals surface area contributed by atoms with E-state index in [1.807, 2.05) is 31.2 Å². The fraction of sp³-hybridized carbons (Fsp3) is 0.696. The first kappa shape index (κ1) is 21.6. The number of esters is 1. The summed E-state index contributed by atoms with van der Waals surface area (Å²) in [5, 5.41) is 0. The van der Waals surface area contributed by atoms with E-state index in [1.165, 1.54) is 0 Å². The molecule has 4 nitrogen and oxygen atoms in total. The molecule has 4 heteroatoms. The highest BCUT2D eigenvalue weighted by molar-refractivity contribution is 6.02. The summed E-state index contributed by atoms with van der Waals surface area (Å²) in [4.78, 5) is 38.6. The molecule has 0 bridgehead atoms. The predicted molar refractivity (Wildman–Crippen MR) is 106 cm³/mol. The second-order valence-electron chi connectivity index (χ2n) is 8.72. The number of rotatable bonds is 8. The number of carbonyl (C=O) groups is 3. The van der Waals surface area contributed by atoms with Crippen molar-refractivity contribution in [3.05, 3.63) is 24.3 Å². The zero-order valence-corrected chi connectivity index (χ0v) is 17.2. The van der Waals surface area contributed by atoms with Crippen LogP contribution in [0.5, 0.6) is 0 Å². The fourth-order valence-corrected chi connectivity index (χ4v) is 4.55. The maximum atomic E-state index is 13.0. The Bertz CT molecular complexity index is 614. The Morgan fingerprint density at radius 1 is 1.19 bits per heavy atom. The van der Waals surface area contributed by atoms with E-state index in [0.717, 1.165) is 25.7 Å². The average molecular weight is 375 g/mol. The molecule has 0 amide bonds. The molecule has 0 aromatic heterocycles. The van der Waals surface area contributed by atoms with Crippen LogP contribution in [0.1, 0.15) is 66.2 Å². The standard InChI is InChI=1S/C23H34O4/c1-5-27-22(26)20(21(25)17-11-7-6-8-12-17)16(2)15-19(24)18-13-9-10-14-23(18,3)4/h6-8,11,16-18,20H,5,9-10,12-15H2,1-4H3. The molecule has 0 saturated heterocycles. The first-order chi connectivity index (χ1) is 12.8. The van der Waals surface area contributed by atoms with Gasteiger partial charge in [-0.3, -0.25) is 14.4 Å². The Labute approximate surface area is 163 Å². The molecule has 0 spiro atoms. The molecule has 0 aliphatic heterocycles. The van der Waals surface area contributed by atoms with Crippen LogP contribution in [0.4, 0.5) is 0 Å². The lowest BCUT2D eigenvalue weighted by molar-refractivity contribution is -0.154. The van der Waals surface area contributed by atoms with E-state index in [0.29, 0.717) is 6.42 Å². The first-order valence-corrected chi connectivity index (χ1v) is 10.3. The van der Waals surface area contributed by atoms with Crippen molar-refractivity contribution in [2.24, 2.45) is 29.1 Å². The van der Waals surface area contributed by atoms with Crippen molar-refractivity contribution in [2.45, 2.75) is 66.2 Å². The van der Waals surface area contributed by atoms with Gasteiger partial charge in [-0.1, -0.05) is 57.9 Å². The van der Waals surface area contributed by atoms with Gasteiger partial charge in [0.25, 0.3) is 0 Å². The molecule has 0 N–H and O–H groups in total. The number of hydrogen-bond donors (Lipinski definition) is 0. The van der Waals surface area contributed by atoms with E-state index < -0.39 is 11.9 Å². The van der Waals surface area contributed by atoms with Crippen molar-refractivity contribution in [2.75, 3.05) is 6.61 Å². The number of ketones is 2. The molecule has 27 heavy (non-hydrogen) atoms. The van der Waals surface area contributed by atoms with Crippen molar-refractivity contribution in [3.8, 4) is 0 Å². The Hall–Kier alpha value is -1.71. The Morgan fingerprint density at radius 3 is 2.52 bits per heavy atom. The van der Waals surface area contributed by atoms with E-state index in [9.17, 15) is 14.4 Å². The van der Waals surface area contributed by atoms with Gasteiger partial charge in [-0.25, -0.2) is 0 Å². The summed E-state index contributed by atoms with van der Waals surface area (Å²) in [5.41, 5.74) is -0.00457. The van der Waals surface area contributed by atoms with Crippen molar-refractivity contribution in [1.29, 1.82) is 0 Å². The van der Waals surface area contributed by atoms with E-state index in [4.69, 9.17) is 4.74 Å². The van der Waals surface area contributed by atoms with Gasteiger partial charge in [0.05, 0.1) is 6.61 Å². The van der Waals surface area contributed by atoms with Gasteiger partial charge in [-0.15, -0.1) is 0 Å². The minimum absolute atomic E-state index is 0.00457. The predicted octanol–water partition coefficient (Wildman–Crippen LogP) is 4.68. The minimum Gasteiger partial charge on any atom is -0.465 e. The Kier molecular flexibility index (Phi) is 7.58. The molecule has 1 saturated carbocycles. The number of carbonyl (C=O) groups excluding carboxylic acids is 3. The molecule has 0 radical (unpaired) electrons. The van der Waals surface area contributed by atoms with Crippen LogP contribution in [0.25, 0.3) is 0 Å². The summed E-state index contributed by atoms with van der Waals surface area (Å²) in [6, 6.07) is 0. The SMILES string of the molecule is CCOC(=O)C(C(=O)C1C=CC=CC1)C(C)CC(=O)C1CCCCC1(C)C. The summed E-state index contributed by atoms with van der Waals surface area (Å²) in [7, 11) is 0. The second kappa shape index (κ2) is 9.48. The highest BCUT2D eigenvalue weighted by atomic mass is 16.5. The van der Waals surface area contributed by atoms with Gasteiger partial charge in [0.1, 0.15) is 11.7 Å². The molecule has 2 aliphatic rings. The zero-order chi connectivity index (χ0) is 20.0. The lowest BCUT2D eigenvalue weighted by atomic mass is 9.65. The third kappa shape index (κ3) is 5.40. The van der Waals surface area contributed by atoms with Crippen LogP contribution in [-0.4, -0.2) is 24.1 Å². The normalized spacial score (nSPS) is 26.2. The maximum Gasteiger partial charge on any atom is 0.316 e. The Balaban J connectivity index is 2.13. The number of allylic oxidation sites excluding steroid dienone is 4. The highest BCUT2D eigenvalue weighted by Gasteiger charge is 2.41. The summed E-state index contributed by atoms with van der Waals surface area (Å²) in [5.74, 6) is -1.95. The largest absolute Gasteiger partial charge is 0.465 e. The molecule has 4 atom stereocenters. The molecular formula is C23H34O4. The van der Waals surface area contributed by atoms with Crippen LogP contribution in [0, 0.1) is 29.1 Å². The van der Waals surface area contributed by atoms with Crippen LogP contribution in [0.2, 0.25) is 0 Å². The molecule has 4 unspecified atom stereocenters. The second-order valence-corrected chi connectivity index (χ2v) is 8.72. The summed E-state index contributed by atoms with van der Waals surface area (Å²) >= 11 is 0. The van der Waals surface area contributed by atoms with Gasteiger partial charge in [-0.2, -0.15) is 0 Å². The molecule has 0 aromatic rings. The molecule has 2 rings (SSSR count). The summed E-state index contributed by atoms with van der Waals surface area (Å²) < 4.78 is 5.19. The number of Topliss-reactive ketones (excluding diaryl/α,β-unsaturated/α-hetero) is 2. The monoisotopic (exact) mass is 374 g/mol. The van der Waals surface area contributed by atoms with Gasteiger partial charge >= 0.3 is 5.97 Å².